The molecule has 0 spiro atoms. The second-order valence-electron chi connectivity index (χ2n) is 2.13. The molecule has 0 unspecified atom stereocenters. The highest BCUT2D eigenvalue weighted by atomic mass is 16.2. The fourth-order valence-corrected chi connectivity index (χ4v) is 0.737. The van der Waals surface area contributed by atoms with Gasteiger partial charge in [-0.1, -0.05) is 12.2 Å². The Hall–Kier alpha value is -1.62. The van der Waals surface area contributed by atoms with Crippen LogP contribution in [0.25, 0.3) is 6.08 Å². The maximum absolute atomic E-state index is 10.9. The summed E-state index contributed by atoms with van der Waals surface area (Å²) < 4.78 is 0. The van der Waals surface area contributed by atoms with E-state index in [2.05, 4.69) is 10.2 Å². The zero-order chi connectivity index (χ0) is 8.97. The monoisotopic (exact) mass is 168 g/mol. The van der Waals surface area contributed by atoms with Crippen molar-refractivity contribution in [2.75, 3.05) is 6.61 Å². The Labute approximate surface area is 67.4 Å². The molecule has 64 valence electrons. The van der Waals surface area contributed by atoms with E-state index >= 15 is 0 Å². The van der Waals surface area contributed by atoms with Crippen molar-refractivity contribution in [2.45, 2.75) is 0 Å². The normalized spacial score (nSPS) is 10.8. The van der Waals surface area contributed by atoms with Crippen LogP contribution in [0.3, 0.4) is 0 Å². The minimum Gasteiger partial charge on any atom is -0.392 e. The highest BCUT2D eigenvalue weighted by Crippen LogP contribution is 1.87. The minimum absolute atomic E-state index is 0.160. The molecule has 5 heteroatoms. The van der Waals surface area contributed by atoms with Gasteiger partial charge in [-0.3, -0.25) is 19.8 Å². The molecule has 1 heterocycles. The van der Waals surface area contributed by atoms with Gasteiger partial charge in [0.15, 0.2) is 0 Å². The van der Waals surface area contributed by atoms with Crippen LogP contribution in [0.5, 0.6) is 0 Å². The molecule has 12 heavy (non-hydrogen) atoms. The molecule has 0 aliphatic heterocycles. The number of aliphatic hydroxyl groups excluding tert-OH is 1. The third kappa shape index (κ3) is 1.93. The van der Waals surface area contributed by atoms with Crippen LogP contribution in [0.15, 0.2) is 21.7 Å². The lowest BCUT2D eigenvalue weighted by Gasteiger charge is -1.88. The average molecular weight is 168 g/mol. The molecule has 0 bridgehead atoms. The Morgan fingerprint density at radius 1 is 1.42 bits per heavy atom. The van der Waals surface area contributed by atoms with Crippen LogP contribution >= 0.6 is 0 Å². The summed E-state index contributed by atoms with van der Waals surface area (Å²) in [7, 11) is 0. The molecule has 0 atom stereocenters. The summed E-state index contributed by atoms with van der Waals surface area (Å²) in [4.78, 5) is 21.6. The molecule has 0 saturated heterocycles. The van der Waals surface area contributed by atoms with Gasteiger partial charge in [0.2, 0.25) is 0 Å². The van der Waals surface area contributed by atoms with Crippen LogP contribution in [-0.4, -0.2) is 21.9 Å². The summed E-state index contributed by atoms with van der Waals surface area (Å²) in [6.07, 6.45) is 2.76. The standard InChI is InChI=1S/C7H8N2O3/c10-3-1-2-5-4-6(11)8-9-7(5)12/h1-2,4,10H,3H2,(H,8,11)(H,9,12). The highest BCUT2D eigenvalue weighted by molar-refractivity contribution is 5.46. The van der Waals surface area contributed by atoms with Crippen molar-refractivity contribution in [3.05, 3.63) is 38.4 Å². The Morgan fingerprint density at radius 2 is 2.17 bits per heavy atom. The maximum atomic E-state index is 10.9. The molecule has 0 amide bonds. The first-order valence-corrected chi connectivity index (χ1v) is 3.33. The van der Waals surface area contributed by atoms with E-state index in [1.165, 1.54) is 12.2 Å². The summed E-state index contributed by atoms with van der Waals surface area (Å²) in [5.41, 5.74) is -0.542. The molecule has 1 aromatic heterocycles. The van der Waals surface area contributed by atoms with Gasteiger partial charge in [0.25, 0.3) is 11.1 Å². The number of rotatable bonds is 2. The fourth-order valence-electron chi connectivity index (χ4n) is 0.737. The van der Waals surface area contributed by atoms with Crippen LogP contribution in [0.2, 0.25) is 0 Å². The van der Waals surface area contributed by atoms with E-state index in [9.17, 15) is 9.59 Å². The van der Waals surface area contributed by atoms with Crippen molar-refractivity contribution < 1.29 is 5.11 Å². The molecule has 3 N–H and O–H groups in total. The van der Waals surface area contributed by atoms with Gasteiger partial charge in [-0.25, -0.2) is 0 Å². The third-order valence-electron chi connectivity index (χ3n) is 1.25. The molecule has 0 aromatic carbocycles. The summed E-state index contributed by atoms with van der Waals surface area (Å²) in [6, 6.07) is 1.16. The van der Waals surface area contributed by atoms with Gasteiger partial charge >= 0.3 is 0 Å². The number of aromatic nitrogens is 2. The van der Waals surface area contributed by atoms with E-state index in [0.717, 1.165) is 6.07 Å². The molecule has 1 rings (SSSR count). The molecule has 0 fully saturated rings. The first-order chi connectivity index (χ1) is 5.74. The Kier molecular flexibility index (Phi) is 2.60. The summed E-state index contributed by atoms with van der Waals surface area (Å²) in [6.45, 7) is -0.160. The van der Waals surface area contributed by atoms with Gasteiger partial charge in [0, 0.05) is 11.6 Å². The van der Waals surface area contributed by atoms with Gasteiger partial charge in [-0.05, 0) is 0 Å². The van der Waals surface area contributed by atoms with Gasteiger partial charge in [0.05, 0.1) is 6.61 Å². The molecular formula is C7H8N2O3. The van der Waals surface area contributed by atoms with E-state index in [1.807, 2.05) is 0 Å². The Morgan fingerprint density at radius 3 is 2.83 bits per heavy atom. The van der Waals surface area contributed by atoms with E-state index in [0.29, 0.717) is 0 Å². The summed E-state index contributed by atoms with van der Waals surface area (Å²) in [5.74, 6) is 0. The molecule has 0 aliphatic rings. The molecule has 5 nitrogen and oxygen atoms in total. The zero-order valence-corrected chi connectivity index (χ0v) is 6.20. The average Bonchev–Trinajstić information content (AvgIpc) is 2.07. The fraction of sp³-hybridized carbons (Fsp3) is 0.143. The first-order valence-electron chi connectivity index (χ1n) is 3.33. The number of nitrogens with one attached hydrogen (secondary N) is 2. The van der Waals surface area contributed by atoms with Crippen molar-refractivity contribution in [2.24, 2.45) is 0 Å². The summed E-state index contributed by atoms with van der Waals surface area (Å²) >= 11 is 0. The predicted molar refractivity (Wildman–Crippen MR) is 43.8 cm³/mol. The lowest BCUT2D eigenvalue weighted by molar-refractivity contribution is 0.343. The highest BCUT2D eigenvalue weighted by Gasteiger charge is 1.93. The van der Waals surface area contributed by atoms with Crippen molar-refractivity contribution in [3.63, 3.8) is 0 Å². The van der Waals surface area contributed by atoms with Crippen LogP contribution < -0.4 is 11.1 Å². The Balaban J connectivity index is 3.14. The maximum Gasteiger partial charge on any atom is 0.269 e. The van der Waals surface area contributed by atoms with Crippen molar-refractivity contribution in [3.8, 4) is 0 Å². The van der Waals surface area contributed by atoms with Gasteiger partial charge in [0.1, 0.15) is 0 Å². The van der Waals surface area contributed by atoms with Crippen molar-refractivity contribution >= 4 is 6.08 Å². The molecule has 1 aromatic rings. The molecule has 0 aliphatic carbocycles. The number of hydrogen-bond donors (Lipinski definition) is 3. The Bertz CT molecular complexity index is 388. The second kappa shape index (κ2) is 3.68. The van der Waals surface area contributed by atoms with Crippen LogP contribution in [0.1, 0.15) is 5.56 Å². The van der Waals surface area contributed by atoms with Crippen molar-refractivity contribution in [1.82, 2.24) is 10.2 Å². The van der Waals surface area contributed by atoms with Crippen LogP contribution in [-0.2, 0) is 0 Å². The number of aromatic amines is 2. The van der Waals surface area contributed by atoms with Gasteiger partial charge < -0.3 is 5.11 Å². The second-order valence-corrected chi connectivity index (χ2v) is 2.13. The molecule has 0 saturated carbocycles. The summed E-state index contributed by atoms with van der Waals surface area (Å²) in [5, 5.41) is 12.7. The number of H-pyrrole nitrogens is 2. The quantitative estimate of drug-likeness (QED) is 0.533. The van der Waals surface area contributed by atoms with E-state index in [-0.39, 0.29) is 23.3 Å². The lowest BCUT2D eigenvalue weighted by atomic mass is 10.3. The van der Waals surface area contributed by atoms with Crippen LogP contribution in [0, 0.1) is 0 Å². The largest absolute Gasteiger partial charge is 0.392 e. The third-order valence-corrected chi connectivity index (χ3v) is 1.25. The van der Waals surface area contributed by atoms with E-state index in [1.54, 1.807) is 0 Å². The van der Waals surface area contributed by atoms with E-state index in [4.69, 9.17) is 5.11 Å². The smallest absolute Gasteiger partial charge is 0.269 e. The van der Waals surface area contributed by atoms with E-state index < -0.39 is 0 Å². The van der Waals surface area contributed by atoms with Gasteiger partial charge in [-0.15, -0.1) is 0 Å². The topological polar surface area (TPSA) is 85.9 Å². The SMILES string of the molecule is O=c1cc(C=CCO)c(=O)[nH][nH]1. The predicted octanol–water partition coefficient (Wildman–Crippen LogP) is -0.931. The van der Waals surface area contributed by atoms with Crippen molar-refractivity contribution in [1.29, 1.82) is 0 Å². The number of aliphatic hydroxyl groups is 1. The lowest BCUT2D eigenvalue weighted by Crippen LogP contribution is -2.19. The molecule has 0 radical (unpaired) electrons. The minimum atomic E-state index is -0.390. The first kappa shape index (κ1) is 8.48. The number of hydrogen-bond acceptors (Lipinski definition) is 3. The van der Waals surface area contributed by atoms with Crippen LogP contribution in [0.4, 0.5) is 0 Å². The molecular weight excluding hydrogens is 160 g/mol. The van der Waals surface area contributed by atoms with Gasteiger partial charge in [-0.2, -0.15) is 0 Å². The zero-order valence-electron chi connectivity index (χ0n) is 6.20.